The van der Waals surface area contributed by atoms with Crippen LogP contribution in [0.15, 0.2) is 0 Å². The fourth-order valence-corrected chi connectivity index (χ4v) is 4.43. The first-order chi connectivity index (χ1) is 12.5. The van der Waals surface area contributed by atoms with Gasteiger partial charge in [0.2, 0.25) is 15.9 Å². The lowest BCUT2D eigenvalue weighted by molar-refractivity contribution is -0.127. The van der Waals surface area contributed by atoms with Gasteiger partial charge in [-0.25, -0.2) is 17.5 Å². The summed E-state index contributed by atoms with van der Waals surface area (Å²) < 4.78 is 30.1. The van der Waals surface area contributed by atoms with Crippen molar-refractivity contribution in [2.75, 3.05) is 32.4 Å². The van der Waals surface area contributed by atoms with Crippen LogP contribution in [0.25, 0.3) is 0 Å². The maximum atomic E-state index is 12.7. The summed E-state index contributed by atoms with van der Waals surface area (Å²) in [5, 5.41) is 2.97. The molecule has 2 heterocycles. The molecule has 0 bridgehead atoms. The number of nitrogens with one attached hydrogen (secondary N) is 1. The second-order valence-electron chi connectivity index (χ2n) is 8.54. The van der Waals surface area contributed by atoms with Gasteiger partial charge in [0.1, 0.15) is 11.6 Å². The average molecular weight is 404 g/mol. The van der Waals surface area contributed by atoms with Crippen molar-refractivity contribution in [1.82, 2.24) is 14.5 Å². The molecule has 0 radical (unpaired) electrons. The molecule has 0 saturated carbocycles. The second kappa shape index (κ2) is 8.77. The molecule has 0 aliphatic carbocycles. The number of sulfonamides is 1. The van der Waals surface area contributed by atoms with Gasteiger partial charge in [0, 0.05) is 26.2 Å². The second-order valence-corrected chi connectivity index (χ2v) is 10.5. The highest BCUT2D eigenvalue weighted by molar-refractivity contribution is 7.88. The Morgan fingerprint density at radius 2 is 1.70 bits per heavy atom. The summed E-state index contributed by atoms with van der Waals surface area (Å²) >= 11 is 0. The first-order valence-electron chi connectivity index (χ1n) is 9.70. The van der Waals surface area contributed by atoms with Crippen LogP contribution in [0.2, 0.25) is 0 Å². The van der Waals surface area contributed by atoms with Crippen molar-refractivity contribution in [2.24, 2.45) is 5.92 Å². The molecule has 2 aliphatic heterocycles. The first-order valence-corrected chi connectivity index (χ1v) is 11.5. The Hall–Kier alpha value is -1.35. The van der Waals surface area contributed by atoms with E-state index in [2.05, 4.69) is 5.32 Å². The van der Waals surface area contributed by atoms with Gasteiger partial charge in [-0.05, 0) is 58.8 Å². The predicted molar refractivity (Wildman–Crippen MR) is 103 cm³/mol. The standard InChI is InChI=1S/C18H33N3O5S/c1-18(2,3)26-17(23)21-10-6-5-7-15(21)16(22)19-13-14-8-11-20(12-9-14)27(4,24)25/h14-15H,5-13H2,1-4H3,(H,19,22). The normalized spacial score (nSPS) is 23.1. The summed E-state index contributed by atoms with van der Waals surface area (Å²) in [5.41, 5.74) is -0.594. The van der Waals surface area contributed by atoms with E-state index in [0.29, 0.717) is 32.6 Å². The van der Waals surface area contributed by atoms with Crippen molar-refractivity contribution in [2.45, 2.75) is 64.5 Å². The van der Waals surface area contributed by atoms with Crippen molar-refractivity contribution in [3.8, 4) is 0 Å². The summed E-state index contributed by atoms with van der Waals surface area (Å²) in [6.45, 7) is 7.46. The monoisotopic (exact) mass is 403 g/mol. The summed E-state index contributed by atoms with van der Waals surface area (Å²) in [4.78, 5) is 26.6. The molecule has 0 spiro atoms. The number of carbonyl (C=O) groups is 2. The number of likely N-dealkylation sites (tertiary alicyclic amines) is 1. The fraction of sp³-hybridized carbons (Fsp3) is 0.889. The van der Waals surface area contributed by atoms with Crippen molar-refractivity contribution >= 4 is 22.0 Å². The average Bonchev–Trinajstić information content (AvgIpc) is 2.58. The number of carbonyl (C=O) groups excluding carboxylic acids is 2. The molecule has 2 rings (SSSR count). The lowest BCUT2D eigenvalue weighted by Crippen LogP contribution is -2.53. The molecule has 1 unspecified atom stereocenters. The fourth-order valence-electron chi connectivity index (χ4n) is 3.55. The lowest BCUT2D eigenvalue weighted by Gasteiger charge is -2.36. The Labute approximate surface area is 162 Å². The van der Waals surface area contributed by atoms with Crippen LogP contribution >= 0.6 is 0 Å². The molecule has 2 fully saturated rings. The van der Waals surface area contributed by atoms with Gasteiger partial charge in [-0.2, -0.15) is 0 Å². The van der Waals surface area contributed by atoms with Crippen molar-refractivity contribution in [3.05, 3.63) is 0 Å². The zero-order chi connectivity index (χ0) is 20.2. The van der Waals surface area contributed by atoms with Gasteiger partial charge in [0.05, 0.1) is 6.26 Å². The Kier molecular flexibility index (Phi) is 7.13. The number of hydrogen-bond acceptors (Lipinski definition) is 5. The van der Waals surface area contributed by atoms with Crippen LogP contribution in [0.5, 0.6) is 0 Å². The van der Waals surface area contributed by atoms with Crippen LogP contribution in [-0.2, 0) is 19.6 Å². The van der Waals surface area contributed by atoms with Gasteiger partial charge in [0.25, 0.3) is 0 Å². The first kappa shape index (κ1) is 21.9. The Bertz CT molecular complexity index is 636. The largest absolute Gasteiger partial charge is 0.444 e. The molecular weight excluding hydrogens is 370 g/mol. The highest BCUT2D eigenvalue weighted by Crippen LogP contribution is 2.22. The van der Waals surface area contributed by atoms with Gasteiger partial charge >= 0.3 is 6.09 Å². The van der Waals surface area contributed by atoms with E-state index in [1.54, 1.807) is 0 Å². The van der Waals surface area contributed by atoms with E-state index >= 15 is 0 Å². The third-order valence-electron chi connectivity index (χ3n) is 5.04. The quantitative estimate of drug-likeness (QED) is 0.769. The van der Waals surface area contributed by atoms with Gasteiger partial charge < -0.3 is 10.1 Å². The molecule has 2 saturated heterocycles. The van der Waals surface area contributed by atoms with E-state index in [4.69, 9.17) is 4.74 Å². The third-order valence-corrected chi connectivity index (χ3v) is 6.34. The highest BCUT2D eigenvalue weighted by Gasteiger charge is 2.35. The highest BCUT2D eigenvalue weighted by atomic mass is 32.2. The SMILES string of the molecule is CC(C)(C)OC(=O)N1CCCCC1C(=O)NCC1CCN(S(C)(=O)=O)CC1. The molecule has 1 atom stereocenters. The maximum absolute atomic E-state index is 12.7. The minimum Gasteiger partial charge on any atom is -0.444 e. The zero-order valence-electron chi connectivity index (χ0n) is 16.9. The summed E-state index contributed by atoms with van der Waals surface area (Å²) in [5.74, 6) is 0.108. The van der Waals surface area contributed by atoms with E-state index in [1.165, 1.54) is 15.5 Å². The van der Waals surface area contributed by atoms with Crippen LogP contribution in [0.1, 0.15) is 52.9 Å². The predicted octanol–water partition coefficient (Wildman–Crippen LogP) is 1.56. The van der Waals surface area contributed by atoms with Crippen molar-refractivity contribution in [1.29, 1.82) is 0 Å². The molecule has 2 amide bonds. The zero-order valence-corrected chi connectivity index (χ0v) is 17.7. The van der Waals surface area contributed by atoms with E-state index < -0.39 is 27.8 Å². The summed E-state index contributed by atoms with van der Waals surface area (Å²) in [6.07, 6.45) is 4.66. The topological polar surface area (TPSA) is 96.0 Å². The number of amides is 2. The molecule has 0 aromatic rings. The van der Waals surface area contributed by atoms with Crippen LogP contribution < -0.4 is 5.32 Å². The van der Waals surface area contributed by atoms with E-state index in [0.717, 1.165) is 25.7 Å². The van der Waals surface area contributed by atoms with E-state index in [-0.39, 0.29) is 11.8 Å². The molecule has 9 heteroatoms. The summed E-state index contributed by atoms with van der Waals surface area (Å²) in [6, 6.07) is -0.496. The molecule has 2 aliphatic rings. The molecule has 0 aromatic heterocycles. The van der Waals surface area contributed by atoms with Crippen LogP contribution in [-0.4, -0.2) is 73.7 Å². The molecule has 8 nitrogen and oxygen atoms in total. The molecule has 0 aromatic carbocycles. The maximum Gasteiger partial charge on any atom is 0.410 e. The van der Waals surface area contributed by atoms with Crippen LogP contribution in [0, 0.1) is 5.92 Å². The van der Waals surface area contributed by atoms with E-state index in [1.807, 2.05) is 20.8 Å². The third kappa shape index (κ3) is 6.64. The van der Waals surface area contributed by atoms with E-state index in [9.17, 15) is 18.0 Å². The van der Waals surface area contributed by atoms with Gasteiger partial charge in [-0.1, -0.05) is 0 Å². The minimum atomic E-state index is -3.14. The van der Waals surface area contributed by atoms with Crippen LogP contribution in [0.4, 0.5) is 4.79 Å². The molecule has 27 heavy (non-hydrogen) atoms. The molecule has 156 valence electrons. The number of ether oxygens (including phenoxy) is 1. The van der Waals surface area contributed by atoms with Gasteiger partial charge in [-0.3, -0.25) is 9.69 Å². The van der Waals surface area contributed by atoms with Crippen LogP contribution in [0.3, 0.4) is 0 Å². The van der Waals surface area contributed by atoms with Gasteiger partial charge in [-0.15, -0.1) is 0 Å². The Morgan fingerprint density at radius 1 is 1.07 bits per heavy atom. The Balaban J connectivity index is 1.86. The molecule has 1 N–H and O–H groups in total. The van der Waals surface area contributed by atoms with Gasteiger partial charge in [0.15, 0.2) is 0 Å². The molecular formula is C18H33N3O5S. The minimum absolute atomic E-state index is 0.147. The summed E-state index contributed by atoms with van der Waals surface area (Å²) in [7, 11) is -3.14. The smallest absolute Gasteiger partial charge is 0.410 e. The number of hydrogen-bond donors (Lipinski definition) is 1. The number of piperidine rings is 2. The lowest BCUT2D eigenvalue weighted by atomic mass is 9.97. The van der Waals surface area contributed by atoms with Crippen molar-refractivity contribution < 1.29 is 22.7 Å². The van der Waals surface area contributed by atoms with Crippen molar-refractivity contribution in [3.63, 3.8) is 0 Å². The number of rotatable bonds is 4. The number of nitrogens with zero attached hydrogens (tertiary/aromatic N) is 2. The Morgan fingerprint density at radius 3 is 2.26 bits per heavy atom.